The van der Waals surface area contributed by atoms with Crippen molar-refractivity contribution in [2.75, 3.05) is 19.6 Å². The van der Waals surface area contributed by atoms with E-state index >= 15 is 0 Å². The molecule has 0 aromatic rings. The van der Waals surface area contributed by atoms with E-state index in [1.54, 1.807) is 0 Å². The molecule has 306 valence electrons. The summed E-state index contributed by atoms with van der Waals surface area (Å²) in [4.78, 5) is 47.5. The summed E-state index contributed by atoms with van der Waals surface area (Å²) in [6.45, 7) is 13.4. The van der Waals surface area contributed by atoms with Gasteiger partial charge in [-0.05, 0) is 80.1 Å². The lowest BCUT2D eigenvalue weighted by Crippen LogP contribution is -2.36. The van der Waals surface area contributed by atoms with Crippen molar-refractivity contribution in [3.63, 3.8) is 0 Å². The minimum absolute atomic E-state index is 0.0799. The van der Waals surface area contributed by atoms with Gasteiger partial charge in [-0.2, -0.15) is 0 Å². The van der Waals surface area contributed by atoms with Crippen molar-refractivity contribution < 1.29 is 28.7 Å². The molecule has 0 aromatic heterocycles. The van der Waals surface area contributed by atoms with Crippen molar-refractivity contribution >= 4 is 23.9 Å². The number of Topliss-reactive ketones (excluding diaryl/α,β-unsaturated/α-hetero) is 1. The summed E-state index contributed by atoms with van der Waals surface area (Å²) in [6, 6.07) is -0.0799. The number of nitrogens with one attached hydrogen (secondary N) is 3. The van der Waals surface area contributed by atoms with E-state index in [4.69, 9.17) is 9.47 Å². The first-order valence-corrected chi connectivity index (χ1v) is 21.5. The molecule has 0 bridgehead atoms. The van der Waals surface area contributed by atoms with Crippen LogP contribution in [0.25, 0.3) is 0 Å². The van der Waals surface area contributed by atoms with Crippen molar-refractivity contribution in [1.29, 1.82) is 0 Å². The van der Waals surface area contributed by atoms with E-state index in [9.17, 15) is 19.2 Å². The number of urea groups is 1. The molecule has 0 fully saturated rings. The third kappa shape index (κ3) is 40.5. The Morgan fingerprint density at radius 1 is 0.365 bits per heavy atom. The number of carbonyl (C=O) groups is 4. The highest BCUT2D eigenvalue weighted by atomic mass is 16.6. The second kappa shape index (κ2) is 33.3. The molecule has 0 unspecified atom stereocenters. The first-order valence-electron chi connectivity index (χ1n) is 21.5. The second-order valence-electron chi connectivity index (χ2n) is 16.8. The number of unbranched alkanes of at least 4 members (excludes halogenated alkanes) is 22. The Kier molecular flexibility index (Phi) is 31.8. The molecule has 9 heteroatoms. The molecule has 9 nitrogen and oxygen atoms in total. The van der Waals surface area contributed by atoms with Gasteiger partial charge < -0.3 is 25.4 Å². The highest BCUT2D eigenvalue weighted by molar-refractivity contribution is 5.78. The number of ether oxygens (including phenoxy) is 2. The van der Waals surface area contributed by atoms with Crippen molar-refractivity contribution in [2.45, 2.75) is 233 Å². The average Bonchev–Trinajstić information content (AvgIpc) is 3.05. The molecular formula is C43H83N3O6. The minimum Gasteiger partial charge on any atom is -0.460 e. The van der Waals surface area contributed by atoms with E-state index in [-0.39, 0.29) is 23.7 Å². The highest BCUT2D eigenvalue weighted by Gasteiger charge is 2.16. The molecule has 0 saturated carbocycles. The van der Waals surface area contributed by atoms with Crippen molar-refractivity contribution in [3.05, 3.63) is 0 Å². The lowest BCUT2D eigenvalue weighted by atomic mass is 10.0. The number of esters is 1. The number of rotatable bonds is 34. The molecule has 3 N–H and O–H groups in total. The van der Waals surface area contributed by atoms with Gasteiger partial charge in [-0.1, -0.05) is 122 Å². The van der Waals surface area contributed by atoms with Crippen LogP contribution in [0.15, 0.2) is 0 Å². The summed E-state index contributed by atoms with van der Waals surface area (Å²) < 4.78 is 10.6. The molecule has 0 aliphatic heterocycles. The van der Waals surface area contributed by atoms with Gasteiger partial charge in [-0.25, -0.2) is 9.59 Å². The van der Waals surface area contributed by atoms with E-state index in [2.05, 4.69) is 16.0 Å². The van der Waals surface area contributed by atoms with Crippen LogP contribution in [-0.2, 0) is 19.1 Å². The summed E-state index contributed by atoms with van der Waals surface area (Å²) >= 11 is 0. The Labute approximate surface area is 320 Å². The minimum atomic E-state index is -0.442. The molecule has 0 aromatic carbocycles. The maximum absolute atomic E-state index is 12.2. The third-order valence-electron chi connectivity index (χ3n) is 8.98. The summed E-state index contributed by atoms with van der Waals surface area (Å²) in [5.41, 5.74) is -0.826. The van der Waals surface area contributed by atoms with Gasteiger partial charge in [0.2, 0.25) is 0 Å². The molecule has 0 spiro atoms. The monoisotopic (exact) mass is 738 g/mol. The van der Waals surface area contributed by atoms with Crippen molar-refractivity contribution in [1.82, 2.24) is 16.0 Å². The molecule has 0 atom stereocenters. The van der Waals surface area contributed by atoms with Crippen LogP contribution in [0.1, 0.15) is 221 Å². The largest absolute Gasteiger partial charge is 0.460 e. The molecule has 0 aliphatic rings. The SMILES string of the molecule is CC(C)(C)OC(=O)CCCCCCCCCCCCCNC(=O)NCCCCCC(=O)CCCCCCCCCCCCCNC(=O)OC(C)(C)C. The van der Waals surface area contributed by atoms with Crippen molar-refractivity contribution in [2.24, 2.45) is 0 Å². The summed E-state index contributed by atoms with van der Waals surface area (Å²) in [7, 11) is 0. The van der Waals surface area contributed by atoms with Crippen LogP contribution in [0.3, 0.4) is 0 Å². The predicted molar refractivity (Wildman–Crippen MR) is 216 cm³/mol. The summed E-state index contributed by atoms with van der Waals surface area (Å²) in [5.74, 6) is 0.304. The van der Waals surface area contributed by atoms with E-state index in [1.165, 1.54) is 89.9 Å². The van der Waals surface area contributed by atoms with Crippen LogP contribution in [0, 0.1) is 0 Å². The van der Waals surface area contributed by atoms with Gasteiger partial charge in [-0.3, -0.25) is 9.59 Å². The summed E-state index contributed by atoms with van der Waals surface area (Å²) in [6.07, 6.45) is 30.5. The number of hydrogen-bond acceptors (Lipinski definition) is 6. The Hall–Kier alpha value is -2.32. The van der Waals surface area contributed by atoms with Gasteiger partial charge in [0.1, 0.15) is 17.0 Å². The van der Waals surface area contributed by atoms with Gasteiger partial charge in [0.25, 0.3) is 0 Å². The van der Waals surface area contributed by atoms with Crippen LogP contribution in [0.2, 0.25) is 0 Å². The lowest BCUT2D eigenvalue weighted by molar-refractivity contribution is -0.154. The first kappa shape index (κ1) is 49.7. The molecule has 0 radical (unpaired) electrons. The molecule has 0 saturated heterocycles. The van der Waals surface area contributed by atoms with E-state index in [1.807, 2.05) is 41.5 Å². The quantitative estimate of drug-likeness (QED) is 0.0446. The zero-order valence-electron chi connectivity index (χ0n) is 34.9. The zero-order chi connectivity index (χ0) is 38.8. The smallest absolute Gasteiger partial charge is 0.407 e. The molecule has 52 heavy (non-hydrogen) atoms. The van der Waals surface area contributed by atoms with Crippen LogP contribution >= 0.6 is 0 Å². The van der Waals surface area contributed by atoms with E-state index in [0.717, 1.165) is 77.2 Å². The van der Waals surface area contributed by atoms with Crippen LogP contribution in [0.4, 0.5) is 9.59 Å². The van der Waals surface area contributed by atoms with Gasteiger partial charge in [0.05, 0.1) is 0 Å². The fraction of sp³-hybridized carbons (Fsp3) is 0.907. The third-order valence-corrected chi connectivity index (χ3v) is 8.98. The average molecular weight is 738 g/mol. The zero-order valence-corrected chi connectivity index (χ0v) is 34.9. The number of hydrogen-bond donors (Lipinski definition) is 3. The van der Waals surface area contributed by atoms with Gasteiger partial charge in [0, 0.05) is 38.9 Å². The first-order chi connectivity index (χ1) is 24.8. The van der Waals surface area contributed by atoms with Crippen LogP contribution in [0.5, 0.6) is 0 Å². The lowest BCUT2D eigenvalue weighted by Gasteiger charge is -2.19. The Morgan fingerprint density at radius 3 is 1.02 bits per heavy atom. The standard InChI is InChI=1S/C43H83N3O6/c1-42(2,3)51-39(48)34-28-22-18-14-10-8-11-15-19-23-29-35-44-40(49)45-36-31-25-27-33-38(47)32-26-21-17-13-9-7-12-16-20-24-30-37-46-41(50)52-43(4,5)6/h7-37H2,1-6H3,(H,46,50)(H2,44,45,49). The molecule has 0 aliphatic carbocycles. The molecule has 0 heterocycles. The Morgan fingerprint density at radius 2 is 0.654 bits per heavy atom. The van der Waals surface area contributed by atoms with Gasteiger partial charge >= 0.3 is 18.1 Å². The van der Waals surface area contributed by atoms with Gasteiger partial charge in [0.15, 0.2) is 0 Å². The predicted octanol–water partition coefficient (Wildman–Crippen LogP) is 11.6. The Balaban J connectivity index is 3.34. The van der Waals surface area contributed by atoms with Crippen molar-refractivity contribution in [3.8, 4) is 0 Å². The second-order valence-corrected chi connectivity index (χ2v) is 16.8. The number of amides is 3. The number of carbonyl (C=O) groups excluding carboxylic acids is 4. The number of alkyl carbamates (subject to hydrolysis) is 1. The fourth-order valence-electron chi connectivity index (χ4n) is 6.14. The van der Waals surface area contributed by atoms with E-state index in [0.29, 0.717) is 38.1 Å². The molecule has 3 amide bonds. The fourth-order valence-corrected chi connectivity index (χ4v) is 6.14. The summed E-state index contributed by atoms with van der Waals surface area (Å²) in [5, 5.41) is 8.73. The number of ketones is 1. The van der Waals surface area contributed by atoms with Gasteiger partial charge in [-0.15, -0.1) is 0 Å². The maximum Gasteiger partial charge on any atom is 0.407 e. The Bertz CT molecular complexity index is 824. The van der Waals surface area contributed by atoms with Crippen LogP contribution < -0.4 is 16.0 Å². The highest BCUT2D eigenvalue weighted by Crippen LogP contribution is 2.15. The van der Waals surface area contributed by atoms with E-state index < -0.39 is 5.60 Å². The topological polar surface area (TPSA) is 123 Å². The van der Waals surface area contributed by atoms with Crippen LogP contribution in [-0.4, -0.2) is 54.7 Å². The normalized spacial score (nSPS) is 11.7. The molecular weight excluding hydrogens is 654 g/mol. The maximum atomic E-state index is 12.2. The molecule has 0 rings (SSSR count).